The SMILES string of the molecule is [2H]C([2H])([2H])C(c1cc(C(C)(C)C)c([N+](=O)[O-])c(Br)c1OC(=O)OCC)(C([2H])([2H])[2H])C([2H])([2H])[2H]. The first-order valence-corrected chi connectivity index (χ1v) is 7.71. The molecule has 0 amide bonds. The van der Waals surface area contributed by atoms with E-state index < -0.39 is 63.9 Å². The van der Waals surface area contributed by atoms with Crippen LogP contribution in [0.1, 0.15) is 71.7 Å². The van der Waals surface area contributed by atoms with Gasteiger partial charge in [0.25, 0.3) is 5.69 Å². The van der Waals surface area contributed by atoms with Crippen LogP contribution >= 0.6 is 15.9 Å². The third-order valence-corrected chi connectivity index (χ3v) is 3.77. The lowest BCUT2D eigenvalue weighted by Crippen LogP contribution is -2.21. The molecule has 0 aromatic heterocycles. The zero-order valence-corrected chi connectivity index (χ0v) is 15.2. The van der Waals surface area contributed by atoms with Gasteiger partial charge in [0.05, 0.1) is 11.5 Å². The van der Waals surface area contributed by atoms with Gasteiger partial charge in [-0.3, -0.25) is 10.1 Å². The van der Waals surface area contributed by atoms with Gasteiger partial charge >= 0.3 is 6.16 Å². The summed E-state index contributed by atoms with van der Waals surface area (Å²) in [4.78, 5) is 23.1. The van der Waals surface area contributed by atoms with Gasteiger partial charge in [0.1, 0.15) is 4.47 Å². The van der Waals surface area contributed by atoms with Crippen molar-refractivity contribution in [2.45, 2.75) is 59.1 Å². The lowest BCUT2D eigenvalue weighted by atomic mass is 9.79. The fourth-order valence-electron chi connectivity index (χ4n) is 1.98. The van der Waals surface area contributed by atoms with Crippen LogP contribution < -0.4 is 4.74 Å². The van der Waals surface area contributed by atoms with E-state index in [1.807, 2.05) is 0 Å². The van der Waals surface area contributed by atoms with Crippen LogP contribution in [-0.4, -0.2) is 17.7 Å². The zero-order chi connectivity index (χ0) is 26.4. The van der Waals surface area contributed by atoms with Crippen molar-refractivity contribution >= 4 is 27.8 Å². The van der Waals surface area contributed by atoms with E-state index in [-0.39, 0.29) is 12.2 Å². The quantitative estimate of drug-likeness (QED) is 0.285. The molecule has 0 saturated heterocycles. The van der Waals surface area contributed by atoms with Crippen LogP contribution in [0.3, 0.4) is 0 Å². The van der Waals surface area contributed by atoms with Crippen molar-refractivity contribution < 1.29 is 31.5 Å². The first-order chi connectivity index (χ1) is 14.6. The maximum absolute atomic E-state index is 12.1. The molecule has 24 heavy (non-hydrogen) atoms. The molecule has 0 aliphatic heterocycles. The minimum Gasteiger partial charge on any atom is -0.434 e. The fourth-order valence-corrected chi connectivity index (χ4v) is 2.63. The molecule has 6 nitrogen and oxygen atoms in total. The topological polar surface area (TPSA) is 78.7 Å². The van der Waals surface area contributed by atoms with Gasteiger partial charge in [0.2, 0.25) is 0 Å². The highest BCUT2D eigenvalue weighted by Gasteiger charge is 2.35. The largest absolute Gasteiger partial charge is 0.513 e. The molecule has 1 aromatic rings. The Morgan fingerprint density at radius 2 is 1.88 bits per heavy atom. The number of nitrogens with zero attached hydrogens (tertiary/aromatic N) is 1. The number of ether oxygens (including phenoxy) is 2. The first kappa shape index (κ1) is 10.4. The van der Waals surface area contributed by atoms with E-state index in [0.717, 1.165) is 6.07 Å². The Morgan fingerprint density at radius 1 is 1.29 bits per heavy atom. The molecule has 0 aliphatic carbocycles. The van der Waals surface area contributed by atoms with Gasteiger partial charge in [-0.25, -0.2) is 4.79 Å². The summed E-state index contributed by atoms with van der Waals surface area (Å²) in [5.41, 5.74) is -6.41. The monoisotopic (exact) mass is 410 g/mol. The average Bonchev–Trinajstić information content (AvgIpc) is 2.52. The fraction of sp³-hybridized carbons (Fsp3) is 0.588. The molecular formula is C17H24BrNO5. The van der Waals surface area contributed by atoms with Gasteiger partial charge in [0.15, 0.2) is 5.75 Å². The lowest BCUT2D eigenvalue weighted by Gasteiger charge is -2.27. The Morgan fingerprint density at radius 3 is 2.29 bits per heavy atom. The highest BCUT2D eigenvalue weighted by Crippen LogP contribution is 2.47. The van der Waals surface area contributed by atoms with E-state index in [2.05, 4.69) is 20.7 Å². The second-order valence-electron chi connectivity index (χ2n) is 6.01. The molecule has 1 aromatic carbocycles. The third kappa shape index (κ3) is 4.47. The van der Waals surface area contributed by atoms with Crippen LogP contribution in [0.4, 0.5) is 10.5 Å². The summed E-state index contributed by atoms with van der Waals surface area (Å²) < 4.78 is 80.8. The van der Waals surface area contributed by atoms with Gasteiger partial charge in [-0.1, -0.05) is 41.3 Å². The van der Waals surface area contributed by atoms with Crippen molar-refractivity contribution in [1.29, 1.82) is 0 Å². The van der Waals surface area contributed by atoms with Crippen molar-refractivity contribution in [3.8, 4) is 5.75 Å². The van der Waals surface area contributed by atoms with Crippen LogP contribution in [0.25, 0.3) is 0 Å². The number of nitro benzene ring substituents is 1. The summed E-state index contributed by atoms with van der Waals surface area (Å²) in [7, 11) is 0. The number of benzene rings is 1. The molecule has 1 rings (SSSR count). The molecule has 0 radical (unpaired) electrons. The van der Waals surface area contributed by atoms with E-state index in [1.165, 1.54) is 27.7 Å². The first-order valence-electron chi connectivity index (χ1n) is 11.4. The minimum atomic E-state index is -3.69. The molecule has 0 heterocycles. The molecule has 0 unspecified atom stereocenters. The molecule has 0 spiro atoms. The van der Waals surface area contributed by atoms with Gasteiger partial charge in [-0.15, -0.1) is 0 Å². The summed E-state index contributed by atoms with van der Waals surface area (Å²) in [6, 6.07) is 0.808. The Bertz CT molecular complexity index is 897. The molecule has 0 saturated carbocycles. The highest BCUT2D eigenvalue weighted by molar-refractivity contribution is 9.10. The second kappa shape index (κ2) is 7.09. The van der Waals surface area contributed by atoms with Gasteiger partial charge in [0, 0.05) is 23.5 Å². The van der Waals surface area contributed by atoms with Crippen molar-refractivity contribution in [3.05, 3.63) is 31.8 Å². The Kier molecular flexibility index (Phi) is 3.07. The Labute approximate surface area is 163 Å². The van der Waals surface area contributed by atoms with Gasteiger partial charge in [-0.05, 0) is 39.8 Å². The predicted molar refractivity (Wildman–Crippen MR) is 95.8 cm³/mol. The van der Waals surface area contributed by atoms with E-state index >= 15 is 0 Å². The van der Waals surface area contributed by atoms with Crippen LogP contribution in [0.5, 0.6) is 5.75 Å². The molecule has 134 valence electrons. The molecule has 0 N–H and O–H groups in total. The molecule has 0 fully saturated rings. The summed E-state index contributed by atoms with van der Waals surface area (Å²) in [5.74, 6) is -0.934. The number of nitro groups is 1. The predicted octanol–water partition coefficient (Wildman–Crippen LogP) is 5.49. The van der Waals surface area contributed by atoms with E-state index in [4.69, 9.17) is 17.1 Å². The van der Waals surface area contributed by atoms with Crippen LogP contribution in [0, 0.1) is 10.1 Å². The Hall–Kier alpha value is -1.63. The van der Waals surface area contributed by atoms with Gasteiger partial charge in [-0.2, -0.15) is 0 Å². The molecular weight excluding hydrogens is 378 g/mol. The standard InChI is InChI=1S/C17H24BrNO5/c1-8-23-15(20)24-14-11(17(5,6)7)9-10(16(2,3)4)13(12(14)18)19(21)22/h9H,8H2,1-7H3/i5D3,6D3,7D3. The lowest BCUT2D eigenvalue weighted by molar-refractivity contribution is -0.386. The van der Waals surface area contributed by atoms with Crippen molar-refractivity contribution in [2.24, 2.45) is 0 Å². The summed E-state index contributed by atoms with van der Waals surface area (Å²) in [6.07, 6.45) is -1.44. The molecule has 7 heteroatoms. The number of carbonyl (C=O) groups is 1. The minimum absolute atomic E-state index is 0.173. The highest BCUT2D eigenvalue weighted by atomic mass is 79.9. The summed E-state index contributed by atoms with van der Waals surface area (Å²) in [6.45, 7) is -5.28. The number of hydrogen-bond donors (Lipinski definition) is 0. The van der Waals surface area contributed by atoms with E-state index in [9.17, 15) is 14.9 Å². The zero-order valence-electron chi connectivity index (χ0n) is 22.7. The number of hydrogen-bond acceptors (Lipinski definition) is 5. The molecule has 0 bridgehead atoms. The van der Waals surface area contributed by atoms with Crippen molar-refractivity contribution in [2.75, 3.05) is 6.61 Å². The van der Waals surface area contributed by atoms with Crippen LogP contribution in [0.15, 0.2) is 10.5 Å². The van der Waals surface area contributed by atoms with Crippen LogP contribution in [0.2, 0.25) is 0 Å². The normalized spacial score (nSPS) is 19.1. The average molecular weight is 411 g/mol. The van der Waals surface area contributed by atoms with Crippen LogP contribution in [-0.2, 0) is 15.6 Å². The number of halogens is 1. The van der Waals surface area contributed by atoms with E-state index in [0.29, 0.717) is 0 Å². The van der Waals surface area contributed by atoms with E-state index in [1.54, 1.807) is 0 Å². The second-order valence-corrected chi connectivity index (χ2v) is 6.80. The summed E-state index contributed by atoms with van der Waals surface area (Å²) >= 11 is 2.92. The third-order valence-electron chi connectivity index (χ3n) is 3.04. The van der Waals surface area contributed by atoms with Gasteiger partial charge < -0.3 is 9.47 Å². The molecule has 0 atom stereocenters. The smallest absolute Gasteiger partial charge is 0.434 e. The van der Waals surface area contributed by atoms with Crippen molar-refractivity contribution in [3.63, 3.8) is 0 Å². The number of rotatable bonds is 3. The Balaban J connectivity index is 4.49. The number of carbonyl (C=O) groups excluding carboxylic acids is 1. The molecule has 0 aliphatic rings. The summed E-state index contributed by atoms with van der Waals surface area (Å²) in [5, 5.41) is 11.9. The van der Waals surface area contributed by atoms with Crippen molar-refractivity contribution in [1.82, 2.24) is 0 Å². The maximum Gasteiger partial charge on any atom is 0.513 e. The maximum atomic E-state index is 12.1.